The summed E-state index contributed by atoms with van der Waals surface area (Å²) >= 11 is 3.34. The predicted molar refractivity (Wildman–Crippen MR) is 108 cm³/mol. The van der Waals surface area contributed by atoms with Gasteiger partial charge in [-0.3, -0.25) is 9.59 Å². The van der Waals surface area contributed by atoms with Crippen molar-refractivity contribution in [2.45, 2.75) is 45.4 Å². The summed E-state index contributed by atoms with van der Waals surface area (Å²) in [6.45, 7) is 2.16. The molecule has 2 aromatic rings. The van der Waals surface area contributed by atoms with E-state index in [1.807, 2.05) is 12.1 Å². The Balaban J connectivity index is 2.02. The second-order valence-electron chi connectivity index (χ2n) is 6.28. The average Bonchev–Trinajstić information content (AvgIpc) is 2.63. The number of anilines is 1. The summed E-state index contributed by atoms with van der Waals surface area (Å²) in [4.78, 5) is 24.8. The van der Waals surface area contributed by atoms with Gasteiger partial charge in [0.1, 0.15) is 5.75 Å². The number of aromatic hydroxyl groups is 1. The van der Waals surface area contributed by atoms with E-state index < -0.39 is 5.91 Å². The number of ketones is 1. The van der Waals surface area contributed by atoms with Gasteiger partial charge in [-0.15, -0.1) is 0 Å². The standard InChI is InChI=1S/C21H24BrNO3/c1-2-3-4-5-6-7-19(24)15-8-13-20(25)18(14-15)21(26)23-17-11-9-16(22)10-12-17/h8-14,25H,2-7H2,1H3,(H,23,26). The molecule has 0 bridgehead atoms. The molecule has 0 aliphatic carbocycles. The molecule has 0 spiro atoms. The molecule has 0 radical (unpaired) electrons. The van der Waals surface area contributed by atoms with Crippen molar-refractivity contribution < 1.29 is 14.7 Å². The summed E-state index contributed by atoms with van der Waals surface area (Å²) in [6.07, 6.45) is 5.84. The van der Waals surface area contributed by atoms with E-state index in [2.05, 4.69) is 28.2 Å². The summed E-state index contributed by atoms with van der Waals surface area (Å²) in [7, 11) is 0. The lowest BCUT2D eigenvalue weighted by Gasteiger charge is -2.09. The number of hydrogen-bond acceptors (Lipinski definition) is 3. The van der Waals surface area contributed by atoms with Crippen LogP contribution in [0.4, 0.5) is 5.69 Å². The summed E-state index contributed by atoms with van der Waals surface area (Å²) in [5, 5.41) is 12.7. The number of hydrogen-bond donors (Lipinski definition) is 2. The van der Waals surface area contributed by atoms with E-state index in [9.17, 15) is 14.7 Å². The average molecular weight is 418 g/mol. The maximum Gasteiger partial charge on any atom is 0.259 e. The third kappa shape index (κ3) is 5.99. The number of amides is 1. The number of carbonyl (C=O) groups is 2. The second-order valence-corrected chi connectivity index (χ2v) is 7.20. The first-order chi connectivity index (χ1) is 12.5. The molecular weight excluding hydrogens is 394 g/mol. The maximum absolute atomic E-state index is 12.4. The van der Waals surface area contributed by atoms with Gasteiger partial charge in [-0.1, -0.05) is 48.5 Å². The molecule has 2 N–H and O–H groups in total. The van der Waals surface area contributed by atoms with E-state index in [1.165, 1.54) is 25.0 Å². The molecule has 0 heterocycles. The zero-order chi connectivity index (χ0) is 18.9. The Morgan fingerprint density at radius 3 is 2.38 bits per heavy atom. The monoisotopic (exact) mass is 417 g/mol. The zero-order valence-electron chi connectivity index (χ0n) is 14.9. The van der Waals surface area contributed by atoms with Crippen LogP contribution in [0.15, 0.2) is 46.9 Å². The number of benzene rings is 2. The molecule has 0 atom stereocenters. The Morgan fingerprint density at radius 1 is 1.00 bits per heavy atom. The quantitative estimate of drug-likeness (QED) is 0.391. The van der Waals surface area contributed by atoms with Gasteiger partial charge in [0.05, 0.1) is 5.56 Å². The Hall–Kier alpha value is -2.14. The molecule has 0 saturated carbocycles. The van der Waals surface area contributed by atoms with Crippen molar-refractivity contribution in [3.63, 3.8) is 0 Å². The molecule has 0 fully saturated rings. The number of carbonyl (C=O) groups excluding carboxylic acids is 2. The molecule has 1 amide bonds. The Labute approximate surface area is 162 Å². The number of phenolic OH excluding ortho intramolecular Hbond substituents is 1. The molecule has 4 nitrogen and oxygen atoms in total. The van der Waals surface area contributed by atoms with Gasteiger partial charge >= 0.3 is 0 Å². The number of Topliss-reactive ketones (excluding diaryl/α,β-unsaturated/α-hetero) is 1. The van der Waals surface area contributed by atoms with E-state index in [0.29, 0.717) is 17.7 Å². The molecule has 0 aliphatic rings. The molecular formula is C21H24BrNO3. The van der Waals surface area contributed by atoms with Crippen LogP contribution < -0.4 is 5.32 Å². The highest BCUT2D eigenvalue weighted by molar-refractivity contribution is 9.10. The van der Waals surface area contributed by atoms with Crippen LogP contribution in [0, 0.1) is 0 Å². The van der Waals surface area contributed by atoms with Crippen LogP contribution in [0.25, 0.3) is 0 Å². The van der Waals surface area contributed by atoms with E-state index in [1.54, 1.807) is 18.2 Å². The van der Waals surface area contributed by atoms with Crippen molar-refractivity contribution in [3.8, 4) is 5.75 Å². The first kappa shape index (κ1) is 20.2. The van der Waals surface area contributed by atoms with Crippen LogP contribution in [-0.2, 0) is 0 Å². The van der Waals surface area contributed by atoms with E-state index in [-0.39, 0.29) is 17.1 Å². The number of halogens is 1. The van der Waals surface area contributed by atoms with E-state index >= 15 is 0 Å². The third-order valence-corrected chi connectivity index (χ3v) is 4.70. The van der Waals surface area contributed by atoms with Crippen molar-refractivity contribution in [2.75, 3.05) is 5.32 Å². The van der Waals surface area contributed by atoms with Gasteiger partial charge < -0.3 is 10.4 Å². The van der Waals surface area contributed by atoms with Crippen molar-refractivity contribution in [2.24, 2.45) is 0 Å². The molecule has 26 heavy (non-hydrogen) atoms. The van der Waals surface area contributed by atoms with Gasteiger partial charge in [0, 0.05) is 22.1 Å². The van der Waals surface area contributed by atoms with Crippen molar-refractivity contribution in [3.05, 3.63) is 58.1 Å². The van der Waals surface area contributed by atoms with Crippen LogP contribution in [0.5, 0.6) is 5.75 Å². The number of phenols is 1. The lowest BCUT2D eigenvalue weighted by Crippen LogP contribution is -2.13. The Kier molecular flexibility index (Phi) is 7.85. The molecule has 0 aliphatic heterocycles. The molecule has 2 aromatic carbocycles. The van der Waals surface area contributed by atoms with Crippen molar-refractivity contribution in [1.29, 1.82) is 0 Å². The highest BCUT2D eigenvalue weighted by Crippen LogP contribution is 2.22. The second kappa shape index (κ2) is 10.1. The Bertz CT molecular complexity index is 756. The fourth-order valence-corrected chi connectivity index (χ4v) is 2.92. The number of rotatable bonds is 9. The maximum atomic E-state index is 12.4. The summed E-state index contributed by atoms with van der Waals surface area (Å²) < 4.78 is 0.907. The normalized spacial score (nSPS) is 10.5. The van der Waals surface area contributed by atoms with E-state index in [0.717, 1.165) is 23.7 Å². The topological polar surface area (TPSA) is 66.4 Å². The van der Waals surface area contributed by atoms with Gasteiger partial charge in [0.25, 0.3) is 5.91 Å². The van der Waals surface area contributed by atoms with Gasteiger partial charge in [-0.25, -0.2) is 0 Å². The van der Waals surface area contributed by atoms with Gasteiger partial charge in [0.2, 0.25) is 0 Å². The van der Waals surface area contributed by atoms with Crippen molar-refractivity contribution >= 4 is 33.3 Å². The van der Waals surface area contributed by atoms with Crippen LogP contribution in [0.3, 0.4) is 0 Å². The smallest absolute Gasteiger partial charge is 0.259 e. The molecule has 0 aromatic heterocycles. The number of unbranched alkanes of at least 4 members (excludes halogenated alkanes) is 4. The van der Waals surface area contributed by atoms with Crippen LogP contribution in [0.2, 0.25) is 0 Å². The fraction of sp³-hybridized carbons (Fsp3) is 0.333. The van der Waals surface area contributed by atoms with Gasteiger partial charge in [-0.2, -0.15) is 0 Å². The summed E-state index contributed by atoms with van der Waals surface area (Å²) in [5.41, 5.74) is 1.18. The minimum atomic E-state index is -0.442. The summed E-state index contributed by atoms with van der Waals surface area (Å²) in [6, 6.07) is 11.6. The summed E-state index contributed by atoms with van der Waals surface area (Å²) in [5.74, 6) is -0.583. The van der Waals surface area contributed by atoms with E-state index in [4.69, 9.17) is 0 Å². The Morgan fingerprint density at radius 2 is 1.69 bits per heavy atom. The molecule has 2 rings (SSSR count). The minimum absolute atomic E-state index is 0.000750. The van der Waals surface area contributed by atoms with Gasteiger partial charge in [-0.05, 0) is 48.9 Å². The van der Waals surface area contributed by atoms with Crippen LogP contribution in [0.1, 0.15) is 66.2 Å². The largest absolute Gasteiger partial charge is 0.507 e. The lowest BCUT2D eigenvalue weighted by molar-refractivity contribution is 0.0979. The van der Waals surface area contributed by atoms with Gasteiger partial charge in [0.15, 0.2) is 5.78 Å². The molecule has 5 heteroatoms. The molecule has 138 valence electrons. The fourth-order valence-electron chi connectivity index (χ4n) is 2.66. The minimum Gasteiger partial charge on any atom is -0.507 e. The van der Waals surface area contributed by atoms with Crippen LogP contribution >= 0.6 is 15.9 Å². The SMILES string of the molecule is CCCCCCCC(=O)c1ccc(O)c(C(=O)Nc2ccc(Br)cc2)c1. The first-order valence-electron chi connectivity index (χ1n) is 8.94. The lowest BCUT2D eigenvalue weighted by atomic mass is 10.0. The zero-order valence-corrected chi connectivity index (χ0v) is 16.5. The molecule has 0 saturated heterocycles. The van der Waals surface area contributed by atoms with Crippen molar-refractivity contribution in [1.82, 2.24) is 0 Å². The highest BCUT2D eigenvalue weighted by atomic mass is 79.9. The highest BCUT2D eigenvalue weighted by Gasteiger charge is 2.15. The predicted octanol–water partition coefficient (Wildman–Crippen LogP) is 5.95. The first-order valence-corrected chi connectivity index (χ1v) is 9.73. The number of nitrogens with one attached hydrogen (secondary N) is 1. The third-order valence-electron chi connectivity index (χ3n) is 4.17. The molecule has 0 unspecified atom stereocenters. The van der Waals surface area contributed by atoms with Crippen LogP contribution in [-0.4, -0.2) is 16.8 Å².